The molecule has 0 bridgehead atoms. The summed E-state index contributed by atoms with van der Waals surface area (Å²) in [5.74, 6) is 0.771. The molecule has 1 heterocycles. The predicted molar refractivity (Wildman–Crippen MR) is 75.0 cm³/mol. The summed E-state index contributed by atoms with van der Waals surface area (Å²) in [6.07, 6.45) is 4.30. The largest absolute Gasteiger partial charge is 0.507 e. The SMILES string of the molecule is CC(C)Cn1cc(-c2cc(CCO)ccc2O)cn1. The van der Waals surface area contributed by atoms with Gasteiger partial charge in [0, 0.05) is 30.5 Å². The van der Waals surface area contributed by atoms with E-state index >= 15 is 0 Å². The fourth-order valence-electron chi connectivity index (χ4n) is 2.08. The van der Waals surface area contributed by atoms with Crippen molar-refractivity contribution in [2.75, 3.05) is 6.61 Å². The number of rotatable bonds is 5. The molecule has 1 aromatic carbocycles. The molecule has 4 nitrogen and oxygen atoms in total. The number of aliphatic hydroxyl groups is 1. The fourth-order valence-corrected chi connectivity index (χ4v) is 2.08. The second kappa shape index (κ2) is 5.89. The Hall–Kier alpha value is -1.81. The van der Waals surface area contributed by atoms with Crippen molar-refractivity contribution in [3.63, 3.8) is 0 Å². The Bertz CT molecular complexity index is 547. The highest BCUT2D eigenvalue weighted by Gasteiger charge is 2.08. The highest BCUT2D eigenvalue weighted by molar-refractivity contribution is 5.69. The van der Waals surface area contributed by atoms with Gasteiger partial charge in [-0.3, -0.25) is 4.68 Å². The molecular weight excluding hydrogens is 240 g/mol. The number of aromatic hydroxyl groups is 1. The van der Waals surface area contributed by atoms with Gasteiger partial charge in [-0.2, -0.15) is 5.10 Å². The van der Waals surface area contributed by atoms with Crippen LogP contribution in [0.2, 0.25) is 0 Å². The average molecular weight is 260 g/mol. The zero-order valence-electron chi connectivity index (χ0n) is 11.4. The molecule has 0 saturated heterocycles. The molecule has 102 valence electrons. The van der Waals surface area contributed by atoms with Crippen LogP contribution in [0.15, 0.2) is 30.6 Å². The summed E-state index contributed by atoms with van der Waals surface area (Å²) in [6.45, 7) is 5.25. The quantitative estimate of drug-likeness (QED) is 0.868. The predicted octanol–water partition coefficient (Wildman–Crippen LogP) is 2.45. The third-order valence-electron chi connectivity index (χ3n) is 2.96. The lowest BCUT2D eigenvalue weighted by Gasteiger charge is -2.06. The number of benzene rings is 1. The van der Waals surface area contributed by atoms with E-state index in [2.05, 4.69) is 18.9 Å². The molecule has 2 aromatic rings. The van der Waals surface area contributed by atoms with Crippen molar-refractivity contribution >= 4 is 0 Å². The number of hydrogen-bond acceptors (Lipinski definition) is 3. The van der Waals surface area contributed by atoms with Gasteiger partial charge in [0.25, 0.3) is 0 Å². The van der Waals surface area contributed by atoms with Gasteiger partial charge >= 0.3 is 0 Å². The van der Waals surface area contributed by atoms with Crippen LogP contribution in [0.5, 0.6) is 5.75 Å². The number of phenols is 1. The van der Waals surface area contributed by atoms with E-state index in [4.69, 9.17) is 5.11 Å². The Morgan fingerprint density at radius 2 is 2.11 bits per heavy atom. The molecule has 0 aliphatic rings. The van der Waals surface area contributed by atoms with Gasteiger partial charge in [0.2, 0.25) is 0 Å². The first kappa shape index (κ1) is 13.6. The molecule has 0 fully saturated rings. The fraction of sp³-hybridized carbons (Fsp3) is 0.400. The van der Waals surface area contributed by atoms with Gasteiger partial charge in [0.05, 0.1) is 6.20 Å². The van der Waals surface area contributed by atoms with Crippen LogP contribution in [0.1, 0.15) is 19.4 Å². The number of phenolic OH excluding ortho intramolecular Hbond substituents is 1. The zero-order valence-corrected chi connectivity index (χ0v) is 11.4. The molecule has 0 unspecified atom stereocenters. The van der Waals surface area contributed by atoms with Gasteiger partial charge in [-0.15, -0.1) is 0 Å². The van der Waals surface area contributed by atoms with Crippen molar-refractivity contribution in [3.8, 4) is 16.9 Å². The monoisotopic (exact) mass is 260 g/mol. The lowest BCUT2D eigenvalue weighted by atomic mass is 10.0. The minimum absolute atomic E-state index is 0.108. The number of hydrogen-bond donors (Lipinski definition) is 2. The first-order chi connectivity index (χ1) is 9.10. The van der Waals surface area contributed by atoms with Gasteiger partial charge in [-0.05, 0) is 30.0 Å². The van der Waals surface area contributed by atoms with Crippen molar-refractivity contribution in [2.45, 2.75) is 26.8 Å². The highest BCUT2D eigenvalue weighted by atomic mass is 16.3. The van der Waals surface area contributed by atoms with Gasteiger partial charge in [-0.25, -0.2) is 0 Å². The molecule has 0 amide bonds. The summed E-state index contributed by atoms with van der Waals surface area (Å²) in [7, 11) is 0. The van der Waals surface area contributed by atoms with Crippen molar-refractivity contribution < 1.29 is 10.2 Å². The smallest absolute Gasteiger partial charge is 0.123 e. The van der Waals surface area contributed by atoms with Crippen LogP contribution in [0.4, 0.5) is 0 Å². The maximum absolute atomic E-state index is 9.95. The second-order valence-electron chi connectivity index (χ2n) is 5.17. The lowest BCUT2D eigenvalue weighted by Crippen LogP contribution is -2.03. The molecule has 0 atom stereocenters. The van der Waals surface area contributed by atoms with Gasteiger partial charge in [-0.1, -0.05) is 19.9 Å². The van der Waals surface area contributed by atoms with Crippen LogP contribution in [0.3, 0.4) is 0 Å². The van der Waals surface area contributed by atoms with Crippen molar-refractivity contribution in [1.29, 1.82) is 0 Å². The zero-order chi connectivity index (χ0) is 13.8. The summed E-state index contributed by atoms with van der Waals surface area (Å²) < 4.78 is 1.89. The van der Waals surface area contributed by atoms with E-state index in [1.165, 1.54) is 0 Å². The standard InChI is InChI=1S/C15H20N2O2/c1-11(2)9-17-10-13(8-16-17)14-7-12(5-6-18)3-4-15(14)19/h3-4,7-8,10-11,18-19H,5-6,9H2,1-2H3. The van der Waals surface area contributed by atoms with E-state index in [0.29, 0.717) is 12.3 Å². The molecule has 19 heavy (non-hydrogen) atoms. The Morgan fingerprint density at radius 3 is 2.79 bits per heavy atom. The topological polar surface area (TPSA) is 58.3 Å². The third kappa shape index (κ3) is 3.35. The molecule has 4 heteroatoms. The number of aliphatic hydroxyl groups excluding tert-OH is 1. The van der Waals surface area contributed by atoms with Crippen LogP contribution in [-0.2, 0) is 13.0 Å². The first-order valence-corrected chi connectivity index (χ1v) is 6.55. The van der Waals surface area contributed by atoms with Gasteiger partial charge < -0.3 is 10.2 Å². The molecule has 2 rings (SSSR count). The number of nitrogens with zero attached hydrogens (tertiary/aromatic N) is 2. The molecule has 0 aliphatic carbocycles. The Morgan fingerprint density at radius 1 is 1.32 bits per heavy atom. The molecule has 0 saturated carbocycles. The van der Waals surface area contributed by atoms with E-state index in [9.17, 15) is 5.11 Å². The van der Waals surface area contributed by atoms with Crippen molar-refractivity contribution in [1.82, 2.24) is 9.78 Å². The van der Waals surface area contributed by atoms with E-state index in [-0.39, 0.29) is 12.4 Å². The lowest BCUT2D eigenvalue weighted by molar-refractivity contribution is 0.299. The van der Waals surface area contributed by atoms with Gasteiger partial charge in [0.1, 0.15) is 5.75 Å². The third-order valence-corrected chi connectivity index (χ3v) is 2.96. The van der Waals surface area contributed by atoms with Crippen LogP contribution < -0.4 is 0 Å². The molecule has 0 radical (unpaired) electrons. The van der Waals surface area contributed by atoms with E-state index < -0.39 is 0 Å². The van der Waals surface area contributed by atoms with E-state index in [0.717, 1.165) is 23.2 Å². The highest BCUT2D eigenvalue weighted by Crippen LogP contribution is 2.29. The first-order valence-electron chi connectivity index (χ1n) is 6.55. The van der Waals surface area contributed by atoms with E-state index in [1.54, 1.807) is 12.3 Å². The molecule has 1 aromatic heterocycles. The summed E-state index contributed by atoms with van der Waals surface area (Å²) in [5.41, 5.74) is 2.67. The second-order valence-corrected chi connectivity index (χ2v) is 5.17. The van der Waals surface area contributed by atoms with Crippen LogP contribution >= 0.6 is 0 Å². The maximum atomic E-state index is 9.95. The van der Waals surface area contributed by atoms with Crippen LogP contribution in [0.25, 0.3) is 11.1 Å². The molecular formula is C15H20N2O2. The Kier molecular flexibility index (Phi) is 4.22. The maximum Gasteiger partial charge on any atom is 0.123 e. The Balaban J connectivity index is 2.29. The summed E-state index contributed by atoms with van der Waals surface area (Å²) in [4.78, 5) is 0. The van der Waals surface area contributed by atoms with Crippen LogP contribution in [0, 0.1) is 5.92 Å². The Labute approximate surface area is 113 Å². The van der Waals surface area contributed by atoms with Crippen molar-refractivity contribution in [3.05, 3.63) is 36.2 Å². The summed E-state index contributed by atoms with van der Waals surface area (Å²) in [5, 5.41) is 23.2. The molecule has 2 N–H and O–H groups in total. The molecule has 0 aliphatic heterocycles. The van der Waals surface area contributed by atoms with Crippen molar-refractivity contribution in [2.24, 2.45) is 5.92 Å². The normalized spacial score (nSPS) is 11.2. The minimum Gasteiger partial charge on any atom is -0.507 e. The molecule has 0 spiro atoms. The average Bonchev–Trinajstić information content (AvgIpc) is 2.79. The number of aromatic nitrogens is 2. The summed E-state index contributed by atoms with van der Waals surface area (Å²) in [6, 6.07) is 5.40. The van der Waals surface area contributed by atoms with Crippen LogP contribution in [-0.4, -0.2) is 26.6 Å². The summed E-state index contributed by atoms with van der Waals surface area (Å²) >= 11 is 0. The van der Waals surface area contributed by atoms with Gasteiger partial charge in [0.15, 0.2) is 0 Å². The minimum atomic E-state index is 0.108. The van der Waals surface area contributed by atoms with E-state index in [1.807, 2.05) is 23.0 Å².